The molecular formula is C14H24N2. The van der Waals surface area contributed by atoms with Crippen LogP contribution in [0.15, 0.2) is 18.2 Å². The molecular weight excluding hydrogens is 196 g/mol. The fraction of sp³-hybridized carbons (Fsp3) is 0.571. The largest absolute Gasteiger partial charge is 0.329 e. The van der Waals surface area contributed by atoms with Gasteiger partial charge >= 0.3 is 0 Å². The zero-order chi connectivity index (χ0) is 12.1. The number of likely N-dealkylation sites (N-methyl/N-ethyl adjacent to an activating group) is 1. The Hall–Kier alpha value is -0.860. The van der Waals surface area contributed by atoms with E-state index in [2.05, 4.69) is 50.8 Å². The smallest absolute Gasteiger partial charge is 0.0472 e. The molecule has 0 saturated carbocycles. The van der Waals surface area contributed by atoms with Crippen LogP contribution in [0.3, 0.4) is 0 Å². The number of hydrogen-bond donors (Lipinski definition) is 1. The summed E-state index contributed by atoms with van der Waals surface area (Å²) in [4.78, 5) is 2.41. The lowest BCUT2D eigenvalue weighted by Gasteiger charge is -2.30. The molecule has 0 aliphatic heterocycles. The molecule has 0 fully saturated rings. The van der Waals surface area contributed by atoms with Crippen molar-refractivity contribution in [2.24, 2.45) is 5.73 Å². The standard InChI is InChI=1S/C14H24N2/c1-5-16(6-2)14(10-15)13-8-7-11(3)9-12(13)4/h7-9,14H,5-6,10,15H2,1-4H3. The molecule has 2 nitrogen and oxygen atoms in total. The van der Waals surface area contributed by atoms with E-state index in [1.54, 1.807) is 0 Å². The van der Waals surface area contributed by atoms with Crippen LogP contribution < -0.4 is 5.73 Å². The molecule has 0 heterocycles. The van der Waals surface area contributed by atoms with Crippen molar-refractivity contribution in [1.82, 2.24) is 4.90 Å². The first kappa shape index (κ1) is 13.2. The zero-order valence-corrected chi connectivity index (χ0v) is 11.0. The van der Waals surface area contributed by atoms with E-state index < -0.39 is 0 Å². The van der Waals surface area contributed by atoms with Gasteiger partial charge in [-0.15, -0.1) is 0 Å². The summed E-state index contributed by atoms with van der Waals surface area (Å²) in [6, 6.07) is 6.99. The summed E-state index contributed by atoms with van der Waals surface area (Å²) in [6.45, 7) is 11.5. The van der Waals surface area contributed by atoms with Crippen molar-refractivity contribution in [1.29, 1.82) is 0 Å². The first-order chi connectivity index (χ1) is 7.63. The maximum Gasteiger partial charge on any atom is 0.0472 e. The van der Waals surface area contributed by atoms with E-state index >= 15 is 0 Å². The third kappa shape index (κ3) is 2.83. The fourth-order valence-electron chi connectivity index (χ4n) is 2.34. The van der Waals surface area contributed by atoms with Gasteiger partial charge in [-0.25, -0.2) is 0 Å². The van der Waals surface area contributed by atoms with Gasteiger partial charge in [0.25, 0.3) is 0 Å². The van der Waals surface area contributed by atoms with Crippen molar-refractivity contribution in [3.8, 4) is 0 Å². The van der Waals surface area contributed by atoms with Gasteiger partial charge in [-0.1, -0.05) is 37.6 Å². The van der Waals surface area contributed by atoms with Crippen LogP contribution in [0.25, 0.3) is 0 Å². The quantitative estimate of drug-likeness (QED) is 0.826. The number of hydrogen-bond acceptors (Lipinski definition) is 2. The van der Waals surface area contributed by atoms with Crippen molar-refractivity contribution in [2.45, 2.75) is 33.7 Å². The van der Waals surface area contributed by atoms with Gasteiger partial charge in [0, 0.05) is 12.6 Å². The van der Waals surface area contributed by atoms with E-state index in [-0.39, 0.29) is 0 Å². The van der Waals surface area contributed by atoms with E-state index in [0.717, 1.165) is 13.1 Å². The molecule has 2 N–H and O–H groups in total. The van der Waals surface area contributed by atoms with Crippen LogP contribution in [0, 0.1) is 13.8 Å². The van der Waals surface area contributed by atoms with Crippen LogP contribution in [-0.4, -0.2) is 24.5 Å². The molecule has 0 bridgehead atoms. The Kier molecular flexibility index (Phi) is 4.97. The Labute approximate surface area is 99.5 Å². The predicted octanol–water partition coefficient (Wildman–Crippen LogP) is 2.65. The van der Waals surface area contributed by atoms with Gasteiger partial charge in [-0.05, 0) is 38.1 Å². The molecule has 0 saturated heterocycles. The Morgan fingerprint density at radius 3 is 2.25 bits per heavy atom. The second kappa shape index (κ2) is 6.02. The van der Waals surface area contributed by atoms with Crippen LogP contribution >= 0.6 is 0 Å². The Morgan fingerprint density at radius 2 is 1.81 bits per heavy atom. The highest BCUT2D eigenvalue weighted by Crippen LogP contribution is 2.23. The number of rotatable bonds is 5. The van der Waals surface area contributed by atoms with E-state index in [9.17, 15) is 0 Å². The molecule has 0 radical (unpaired) electrons. The molecule has 1 aromatic carbocycles. The topological polar surface area (TPSA) is 29.3 Å². The zero-order valence-electron chi connectivity index (χ0n) is 11.0. The minimum atomic E-state index is 0.357. The molecule has 0 aliphatic carbocycles. The minimum Gasteiger partial charge on any atom is -0.329 e. The molecule has 90 valence electrons. The average molecular weight is 220 g/mol. The van der Waals surface area contributed by atoms with Crippen LogP contribution in [0.5, 0.6) is 0 Å². The van der Waals surface area contributed by atoms with E-state index in [0.29, 0.717) is 12.6 Å². The second-order valence-electron chi connectivity index (χ2n) is 4.33. The Bertz CT molecular complexity index is 330. The monoisotopic (exact) mass is 220 g/mol. The number of nitrogens with zero attached hydrogens (tertiary/aromatic N) is 1. The summed E-state index contributed by atoms with van der Waals surface area (Å²) in [6.07, 6.45) is 0. The Balaban J connectivity index is 3.03. The number of benzene rings is 1. The lowest BCUT2D eigenvalue weighted by atomic mass is 9.98. The summed E-state index contributed by atoms with van der Waals surface area (Å²) in [5.74, 6) is 0. The van der Waals surface area contributed by atoms with Gasteiger partial charge in [-0.3, -0.25) is 4.90 Å². The summed E-state index contributed by atoms with van der Waals surface area (Å²) < 4.78 is 0. The van der Waals surface area contributed by atoms with Crippen LogP contribution in [0.2, 0.25) is 0 Å². The number of aryl methyl sites for hydroxylation is 2. The average Bonchev–Trinajstić information content (AvgIpc) is 2.27. The van der Waals surface area contributed by atoms with E-state index in [1.165, 1.54) is 16.7 Å². The molecule has 1 rings (SSSR count). The van der Waals surface area contributed by atoms with Crippen molar-refractivity contribution < 1.29 is 0 Å². The summed E-state index contributed by atoms with van der Waals surface area (Å²) in [5, 5.41) is 0. The van der Waals surface area contributed by atoms with Gasteiger partial charge in [0.1, 0.15) is 0 Å². The highest BCUT2D eigenvalue weighted by Gasteiger charge is 2.17. The number of nitrogens with two attached hydrogens (primary N) is 1. The van der Waals surface area contributed by atoms with Crippen LogP contribution in [-0.2, 0) is 0 Å². The van der Waals surface area contributed by atoms with E-state index in [1.807, 2.05) is 0 Å². The van der Waals surface area contributed by atoms with Crippen LogP contribution in [0.4, 0.5) is 0 Å². The molecule has 0 aromatic heterocycles. The highest BCUT2D eigenvalue weighted by molar-refractivity contribution is 5.33. The Morgan fingerprint density at radius 1 is 1.19 bits per heavy atom. The summed E-state index contributed by atoms with van der Waals surface area (Å²) in [7, 11) is 0. The highest BCUT2D eigenvalue weighted by atomic mass is 15.2. The normalized spacial score (nSPS) is 13.1. The summed E-state index contributed by atoms with van der Waals surface area (Å²) >= 11 is 0. The SMILES string of the molecule is CCN(CC)C(CN)c1ccc(C)cc1C. The molecule has 0 spiro atoms. The van der Waals surface area contributed by atoms with Gasteiger partial charge in [-0.2, -0.15) is 0 Å². The van der Waals surface area contributed by atoms with Gasteiger partial charge in [0.2, 0.25) is 0 Å². The molecule has 1 unspecified atom stereocenters. The van der Waals surface area contributed by atoms with E-state index in [4.69, 9.17) is 5.73 Å². The lowest BCUT2D eigenvalue weighted by molar-refractivity contribution is 0.223. The van der Waals surface area contributed by atoms with Crippen molar-refractivity contribution in [3.05, 3.63) is 34.9 Å². The first-order valence-electron chi connectivity index (χ1n) is 6.15. The van der Waals surface area contributed by atoms with Gasteiger partial charge < -0.3 is 5.73 Å². The molecule has 0 aliphatic rings. The third-order valence-corrected chi connectivity index (χ3v) is 3.26. The second-order valence-corrected chi connectivity index (χ2v) is 4.33. The van der Waals surface area contributed by atoms with Crippen LogP contribution in [0.1, 0.15) is 36.6 Å². The van der Waals surface area contributed by atoms with Gasteiger partial charge in [0.05, 0.1) is 0 Å². The minimum absolute atomic E-state index is 0.357. The first-order valence-corrected chi connectivity index (χ1v) is 6.15. The van der Waals surface area contributed by atoms with Crippen molar-refractivity contribution in [2.75, 3.05) is 19.6 Å². The molecule has 0 amide bonds. The fourth-order valence-corrected chi connectivity index (χ4v) is 2.34. The predicted molar refractivity (Wildman–Crippen MR) is 70.6 cm³/mol. The maximum absolute atomic E-state index is 5.92. The van der Waals surface area contributed by atoms with Crippen molar-refractivity contribution in [3.63, 3.8) is 0 Å². The lowest BCUT2D eigenvalue weighted by Crippen LogP contribution is -2.33. The maximum atomic E-state index is 5.92. The van der Waals surface area contributed by atoms with Crippen molar-refractivity contribution >= 4 is 0 Å². The van der Waals surface area contributed by atoms with Gasteiger partial charge in [0.15, 0.2) is 0 Å². The molecule has 1 aromatic rings. The molecule has 16 heavy (non-hydrogen) atoms. The summed E-state index contributed by atoms with van der Waals surface area (Å²) in [5.41, 5.74) is 9.96. The molecule has 1 atom stereocenters. The third-order valence-electron chi connectivity index (χ3n) is 3.26. The molecule has 2 heteroatoms.